The van der Waals surface area contributed by atoms with Gasteiger partial charge in [0.25, 0.3) is 12.1 Å². The van der Waals surface area contributed by atoms with Crippen LogP contribution in [0, 0.1) is 0 Å². The zero-order chi connectivity index (χ0) is 9.26. The molecule has 0 unspecified atom stereocenters. The minimum absolute atomic E-state index is 0.284. The second-order valence-corrected chi connectivity index (χ2v) is 4.52. The van der Waals surface area contributed by atoms with Crippen molar-refractivity contribution in [3.8, 4) is 0 Å². The van der Waals surface area contributed by atoms with E-state index in [1.54, 1.807) is 11.0 Å². The third-order valence-electron chi connectivity index (χ3n) is 1.92. The fraction of sp³-hybridized carbons (Fsp3) is 0.667. The summed E-state index contributed by atoms with van der Waals surface area (Å²) in [5.41, 5.74) is 5.38. The first-order valence-electron chi connectivity index (χ1n) is 4.00. The van der Waals surface area contributed by atoms with Crippen LogP contribution >= 0.6 is 0 Å². The Bertz CT molecular complexity index is 316. The lowest BCUT2D eigenvalue weighted by Crippen LogP contribution is -2.63. The van der Waals surface area contributed by atoms with E-state index in [0.29, 0.717) is 11.5 Å². The van der Waals surface area contributed by atoms with E-state index in [1.165, 1.54) is 0 Å². The summed E-state index contributed by atoms with van der Waals surface area (Å²) >= 11 is 0. The second kappa shape index (κ2) is 3.33. The van der Waals surface area contributed by atoms with Crippen LogP contribution in [0.3, 0.4) is 0 Å². The highest BCUT2D eigenvalue weighted by atomic mass is 32.2. The molecule has 0 aliphatic carbocycles. The molecule has 0 saturated carbocycles. The third-order valence-corrected chi connectivity index (χ3v) is 3.19. The van der Waals surface area contributed by atoms with Gasteiger partial charge in [-0.2, -0.15) is 5.01 Å². The average molecular weight is 203 g/mol. The molecular weight excluding hydrogens is 192 g/mol. The molecule has 6 nitrogen and oxygen atoms in total. The molecule has 2 N–H and O–H groups in total. The lowest BCUT2D eigenvalue weighted by Gasteiger charge is -2.17. The predicted molar refractivity (Wildman–Crippen MR) is 46.9 cm³/mol. The minimum Gasteiger partial charge on any atom is -0.362 e. The van der Waals surface area contributed by atoms with E-state index in [9.17, 15) is 4.21 Å². The molecule has 72 valence electrons. The Morgan fingerprint density at radius 2 is 2.31 bits per heavy atom. The van der Waals surface area contributed by atoms with Crippen LogP contribution in [0.4, 0.5) is 5.88 Å². The van der Waals surface area contributed by atoms with Crippen LogP contribution in [0.5, 0.6) is 0 Å². The SMILES string of the molecule is Nc1c[n+](N2CCS(=O)CC2)no1. The largest absolute Gasteiger partial charge is 0.362 e. The number of rotatable bonds is 1. The van der Waals surface area contributed by atoms with E-state index in [2.05, 4.69) is 5.27 Å². The molecule has 1 fully saturated rings. The predicted octanol–water partition coefficient (Wildman–Crippen LogP) is -1.76. The molecule has 7 heteroatoms. The van der Waals surface area contributed by atoms with Gasteiger partial charge in [-0.15, -0.1) is 0 Å². The summed E-state index contributed by atoms with van der Waals surface area (Å²) in [5.74, 6) is 1.64. The van der Waals surface area contributed by atoms with Crippen LogP contribution in [0.2, 0.25) is 0 Å². The van der Waals surface area contributed by atoms with E-state index < -0.39 is 10.8 Å². The summed E-state index contributed by atoms with van der Waals surface area (Å²) in [6.45, 7) is 1.45. The monoisotopic (exact) mass is 203 g/mol. The lowest BCUT2D eigenvalue weighted by atomic mass is 10.6. The van der Waals surface area contributed by atoms with E-state index in [1.807, 2.05) is 5.01 Å². The summed E-state index contributed by atoms with van der Waals surface area (Å²) in [4.78, 5) is 1.56. The topological polar surface area (TPSA) is 76.2 Å². The van der Waals surface area contributed by atoms with Gasteiger partial charge in [0, 0.05) is 22.3 Å². The Balaban J connectivity index is 2.06. The Labute approximate surface area is 77.7 Å². The average Bonchev–Trinajstić information content (AvgIpc) is 2.53. The highest BCUT2D eigenvalue weighted by Crippen LogP contribution is 1.96. The first-order chi connectivity index (χ1) is 6.25. The zero-order valence-corrected chi connectivity index (χ0v) is 7.87. The Morgan fingerprint density at radius 1 is 1.62 bits per heavy atom. The second-order valence-electron chi connectivity index (χ2n) is 2.83. The van der Waals surface area contributed by atoms with Crippen molar-refractivity contribution < 1.29 is 13.5 Å². The molecular formula is C6H11N4O2S+. The number of nitrogen functional groups attached to an aromatic ring is 1. The van der Waals surface area contributed by atoms with Crippen LogP contribution in [0.15, 0.2) is 10.7 Å². The number of nitrogens with zero attached hydrogens (tertiary/aromatic N) is 3. The molecule has 1 aromatic heterocycles. The number of hydrogen-bond donors (Lipinski definition) is 1. The molecule has 1 saturated heterocycles. The van der Waals surface area contributed by atoms with Gasteiger partial charge in [0.05, 0.1) is 17.9 Å². The van der Waals surface area contributed by atoms with Crippen LogP contribution in [0.25, 0.3) is 0 Å². The first-order valence-corrected chi connectivity index (χ1v) is 5.49. The highest BCUT2D eigenvalue weighted by Gasteiger charge is 2.24. The summed E-state index contributed by atoms with van der Waals surface area (Å²) in [7, 11) is -0.673. The fourth-order valence-electron chi connectivity index (χ4n) is 1.22. The Kier molecular flexibility index (Phi) is 2.17. The van der Waals surface area contributed by atoms with Gasteiger partial charge < -0.3 is 5.73 Å². The summed E-state index contributed by atoms with van der Waals surface area (Å²) in [5, 5.41) is 5.65. The number of aromatic nitrogens is 2. The maximum absolute atomic E-state index is 11.1. The van der Waals surface area contributed by atoms with Crippen molar-refractivity contribution in [1.29, 1.82) is 0 Å². The zero-order valence-electron chi connectivity index (χ0n) is 7.05. The molecule has 1 aromatic rings. The quantitative estimate of drug-likeness (QED) is 0.547. The Morgan fingerprint density at radius 3 is 2.85 bits per heavy atom. The van der Waals surface area contributed by atoms with Crippen molar-refractivity contribution >= 4 is 16.7 Å². The highest BCUT2D eigenvalue weighted by molar-refractivity contribution is 7.85. The lowest BCUT2D eigenvalue weighted by molar-refractivity contribution is -0.758. The van der Waals surface area contributed by atoms with Gasteiger partial charge in [-0.05, 0) is 0 Å². The fourth-order valence-corrected chi connectivity index (χ4v) is 2.25. The molecule has 1 aliphatic heterocycles. The van der Waals surface area contributed by atoms with E-state index in [0.717, 1.165) is 13.1 Å². The molecule has 0 radical (unpaired) electrons. The van der Waals surface area contributed by atoms with Gasteiger partial charge in [-0.1, -0.05) is 0 Å². The van der Waals surface area contributed by atoms with Crippen LogP contribution in [-0.2, 0) is 10.8 Å². The van der Waals surface area contributed by atoms with Crippen molar-refractivity contribution in [3.05, 3.63) is 6.20 Å². The van der Waals surface area contributed by atoms with Crippen LogP contribution in [-0.4, -0.2) is 34.1 Å². The molecule has 0 bridgehead atoms. The standard InChI is InChI=1S/C6H11N4O2S/c7-6-5-10(8-12-6)9-1-3-13(11)4-2-9/h5H,1-4,7H2/q+1. The summed E-state index contributed by atoms with van der Waals surface area (Å²) in [6, 6.07) is 0. The van der Waals surface area contributed by atoms with Crippen molar-refractivity contribution in [3.63, 3.8) is 0 Å². The van der Waals surface area contributed by atoms with E-state index in [4.69, 9.17) is 10.3 Å². The minimum atomic E-state index is -0.673. The van der Waals surface area contributed by atoms with Crippen molar-refractivity contribution in [2.24, 2.45) is 0 Å². The Hall–Kier alpha value is -1.11. The van der Waals surface area contributed by atoms with Gasteiger partial charge in [-0.3, -0.25) is 8.73 Å². The van der Waals surface area contributed by atoms with E-state index >= 15 is 0 Å². The maximum Gasteiger partial charge on any atom is 0.296 e. The molecule has 0 spiro atoms. The molecule has 0 aromatic carbocycles. The van der Waals surface area contributed by atoms with Crippen LogP contribution in [0.1, 0.15) is 0 Å². The van der Waals surface area contributed by atoms with Gasteiger partial charge in [0.2, 0.25) is 5.27 Å². The maximum atomic E-state index is 11.1. The number of hydrogen-bond acceptors (Lipinski definition) is 5. The normalized spacial score (nSPS) is 19.2. The van der Waals surface area contributed by atoms with Crippen molar-refractivity contribution in [2.45, 2.75) is 0 Å². The molecule has 0 atom stereocenters. The molecule has 1 aliphatic rings. The van der Waals surface area contributed by atoms with Gasteiger partial charge >= 0.3 is 0 Å². The number of anilines is 1. The van der Waals surface area contributed by atoms with Gasteiger partial charge in [-0.25, -0.2) is 0 Å². The summed E-state index contributed by atoms with van der Waals surface area (Å²) < 4.78 is 15.8. The van der Waals surface area contributed by atoms with Crippen LogP contribution < -0.4 is 15.5 Å². The molecule has 13 heavy (non-hydrogen) atoms. The van der Waals surface area contributed by atoms with Crippen molar-refractivity contribution in [2.75, 3.05) is 35.3 Å². The van der Waals surface area contributed by atoms with Gasteiger partial charge in [0.1, 0.15) is 0 Å². The smallest absolute Gasteiger partial charge is 0.296 e. The third kappa shape index (κ3) is 1.80. The molecule has 0 amide bonds. The first kappa shape index (κ1) is 8.49. The number of nitrogens with two attached hydrogens (primary N) is 1. The summed E-state index contributed by atoms with van der Waals surface area (Å²) in [6.07, 6.45) is 1.61. The van der Waals surface area contributed by atoms with Crippen molar-refractivity contribution in [1.82, 2.24) is 5.27 Å². The van der Waals surface area contributed by atoms with E-state index in [-0.39, 0.29) is 5.88 Å². The molecule has 2 heterocycles. The van der Waals surface area contributed by atoms with Gasteiger partial charge in [0.15, 0.2) is 0 Å². The molecule has 2 rings (SSSR count).